The van der Waals surface area contributed by atoms with Gasteiger partial charge in [-0.3, -0.25) is 9.69 Å². The normalized spacial score (nSPS) is 17.1. The maximum absolute atomic E-state index is 12.0. The molecule has 1 aliphatic heterocycles. The Morgan fingerprint density at radius 1 is 1.25 bits per heavy atom. The molecular formula is C17H29Cl2N3O2. The first-order chi connectivity index (χ1) is 10.7. The Morgan fingerprint density at radius 2 is 1.88 bits per heavy atom. The topological polar surface area (TPSA) is 67.6 Å². The molecule has 138 valence electrons. The second-order valence-electron chi connectivity index (χ2n) is 5.89. The van der Waals surface area contributed by atoms with E-state index in [-0.39, 0.29) is 42.8 Å². The zero-order valence-electron chi connectivity index (χ0n) is 14.1. The summed E-state index contributed by atoms with van der Waals surface area (Å²) in [6.07, 6.45) is 1.21. The van der Waals surface area contributed by atoms with E-state index in [1.165, 1.54) is 5.56 Å². The molecule has 3 N–H and O–H groups in total. The van der Waals surface area contributed by atoms with Gasteiger partial charge >= 0.3 is 0 Å². The molecular weight excluding hydrogens is 349 g/mol. The predicted molar refractivity (Wildman–Crippen MR) is 102 cm³/mol. The molecule has 0 aliphatic carbocycles. The zero-order valence-corrected chi connectivity index (χ0v) is 15.8. The summed E-state index contributed by atoms with van der Waals surface area (Å²) in [4.78, 5) is 14.3. The Morgan fingerprint density at radius 3 is 2.46 bits per heavy atom. The number of nitrogens with zero attached hydrogens (tertiary/aromatic N) is 1. The zero-order chi connectivity index (χ0) is 15.8. The molecule has 7 heteroatoms. The summed E-state index contributed by atoms with van der Waals surface area (Å²) in [6, 6.07) is 10.6. The van der Waals surface area contributed by atoms with Crippen LogP contribution < -0.4 is 11.1 Å². The number of amides is 1. The lowest BCUT2D eigenvalue weighted by Gasteiger charge is -2.35. The monoisotopic (exact) mass is 377 g/mol. The Bertz CT molecular complexity index is 454. The van der Waals surface area contributed by atoms with E-state index in [9.17, 15) is 4.79 Å². The van der Waals surface area contributed by atoms with Gasteiger partial charge < -0.3 is 15.8 Å². The van der Waals surface area contributed by atoms with Crippen LogP contribution in [0.3, 0.4) is 0 Å². The Labute approximate surface area is 157 Å². The average Bonchev–Trinajstić information content (AvgIpc) is 2.55. The van der Waals surface area contributed by atoms with Gasteiger partial charge in [-0.25, -0.2) is 0 Å². The summed E-state index contributed by atoms with van der Waals surface area (Å²) in [5.74, 6) is 0.0755. The van der Waals surface area contributed by atoms with E-state index < -0.39 is 0 Å². The van der Waals surface area contributed by atoms with Crippen molar-refractivity contribution in [2.75, 3.05) is 32.8 Å². The summed E-state index contributed by atoms with van der Waals surface area (Å²) in [5, 5.41) is 3.06. The Kier molecular flexibility index (Phi) is 12.1. The SMILES string of the molecule is CC(N)CCC(=O)NCC(c1ccccc1)N1CCOCC1.Cl.Cl. The molecule has 1 fully saturated rings. The third-order valence-electron chi connectivity index (χ3n) is 3.99. The molecule has 0 bridgehead atoms. The third-order valence-corrected chi connectivity index (χ3v) is 3.99. The predicted octanol–water partition coefficient (Wildman–Crippen LogP) is 2.15. The van der Waals surface area contributed by atoms with Gasteiger partial charge in [0.2, 0.25) is 5.91 Å². The lowest BCUT2D eigenvalue weighted by atomic mass is 10.0. The molecule has 1 heterocycles. The van der Waals surface area contributed by atoms with Crippen molar-refractivity contribution in [2.24, 2.45) is 5.73 Å². The number of carbonyl (C=O) groups excluding carboxylic acids is 1. The average molecular weight is 378 g/mol. The molecule has 1 aromatic rings. The van der Waals surface area contributed by atoms with Crippen molar-refractivity contribution in [3.63, 3.8) is 0 Å². The summed E-state index contributed by atoms with van der Waals surface area (Å²) in [5.41, 5.74) is 6.94. The maximum atomic E-state index is 12.0. The van der Waals surface area contributed by atoms with Crippen molar-refractivity contribution < 1.29 is 9.53 Å². The summed E-state index contributed by atoms with van der Waals surface area (Å²) in [7, 11) is 0. The number of carbonyl (C=O) groups is 1. The van der Waals surface area contributed by atoms with Crippen LogP contribution in [0.4, 0.5) is 0 Å². The number of hydrogen-bond donors (Lipinski definition) is 2. The van der Waals surface area contributed by atoms with E-state index >= 15 is 0 Å². The van der Waals surface area contributed by atoms with Gasteiger partial charge in [0.05, 0.1) is 19.3 Å². The number of rotatable bonds is 7. The molecule has 2 unspecified atom stereocenters. The fraction of sp³-hybridized carbons (Fsp3) is 0.588. The van der Waals surface area contributed by atoms with Crippen LogP contribution in [-0.2, 0) is 9.53 Å². The highest BCUT2D eigenvalue weighted by Gasteiger charge is 2.22. The number of morpholine rings is 1. The molecule has 1 saturated heterocycles. The fourth-order valence-corrected chi connectivity index (χ4v) is 2.68. The van der Waals surface area contributed by atoms with Gasteiger partial charge in [-0.2, -0.15) is 0 Å². The molecule has 24 heavy (non-hydrogen) atoms. The van der Waals surface area contributed by atoms with Crippen molar-refractivity contribution >= 4 is 30.7 Å². The lowest BCUT2D eigenvalue weighted by molar-refractivity contribution is -0.121. The minimum Gasteiger partial charge on any atom is -0.379 e. The van der Waals surface area contributed by atoms with Gasteiger partial charge in [0.25, 0.3) is 0 Å². The Hall–Kier alpha value is -0.850. The molecule has 0 radical (unpaired) electrons. The van der Waals surface area contributed by atoms with E-state index in [2.05, 4.69) is 22.3 Å². The first-order valence-corrected chi connectivity index (χ1v) is 8.06. The molecule has 2 rings (SSSR count). The van der Waals surface area contributed by atoms with Crippen LogP contribution in [0.15, 0.2) is 30.3 Å². The molecule has 0 saturated carbocycles. The molecule has 1 amide bonds. The van der Waals surface area contributed by atoms with Gasteiger partial charge in [0.15, 0.2) is 0 Å². The summed E-state index contributed by atoms with van der Waals surface area (Å²) >= 11 is 0. The first-order valence-electron chi connectivity index (χ1n) is 8.06. The van der Waals surface area contributed by atoms with Crippen molar-refractivity contribution in [3.05, 3.63) is 35.9 Å². The van der Waals surface area contributed by atoms with Gasteiger partial charge in [-0.15, -0.1) is 24.8 Å². The number of hydrogen-bond acceptors (Lipinski definition) is 4. The minimum absolute atomic E-state index is 0. The second-order valence-corrected chi connectivity index (χ2v) is 5.89. The third kappa shape index (κ3) is 7.81. The van der Waals surface area contributed by atoms with Gasteiger partial charge in [-0.1, -0.05) is 30.3 Å². The molecule has 2 atom stereocenters. The van der Waals surface area contributed by atoms with E-state index in [1.807, 2.05) is 25.1 Å². The highest BCUT2D eigenvalue weighted by molar-refractivity contribution is 5.85. The van der Waals surface area contributed by atoms with E-state index in [0.29, 0.717) is 13.0 Å². The van der Waals surface area contributed by atoms with Crippen molar-refractivity contribution in [3.8, 4) is 0 Å². The van der Waals surface area contributed by atoms with Crippen LogP contribution >= 0.6 is 24.8 Å². The van der Waals surface area contributed by atoms with Crippen LogP contribution in [0.25, 0.3) is 0 Å². The Balaban J connectivity index is 0.00000264. The number of ether oxygens (including phenoxy) is 1. The smallest absolute Gasteiger partial charge is 0.220 e. The highest BCUT2D eigenvalue weighted by atomic mass is 35.5. The molecule has 5 nitrogen and oxygen atoms in total. The van der Waals surface area contributed by atoms with Crippen LogP contribution in [0.2, 0.25) is 0 Å². The number of nitrogens with two attached hydrogens (primary N) is 1. The van der Waals surface area contributed by atoms with Crippen LogP contribution in [0, 0.1) is 0 Å². The molecule has 0 spiro atoms. The quantitative estimate of drug-likeness (QED) is 0.763. The number of nitrogens with one attached hydrogen (secondary N) is 1. The highest BCUT2D eigenvalue weighted by Crippen LogP contribution is 2.21. The number of halogens is 2. The molecule has 0 aromatic heterocycles. The fourth-order valence-electron chi connectivity index (χ4n) is 2.68. The maximum Gasteiger partial charge on any atom is 0.220 e. The summed E-state index contributed by atoms with van der Waals surface area (Å²) in [6.45, 7) is 5.85. The van der Waals surface area contributed by atoms with Crippen molar-refractivity contribution in [1.29, 1.82) is 0 Å². The molecule has 1 aliphatic rings. The standard InChI is InChI=1S/C17H27N3O2.2ClH/c1-14(18)7-8-17(21)19-13-16(15-5-3-2-4-6-15)20-9-11-22-12-10-20;;/h2-6,14,16H,7-13,18H2,1H3,(H,19,21);2*1H. The summed E-state index contributed by atoms with van der Waals surface area (Å²) < 4.78 is 5.43. The second kappa shape index (κ2) is 12.5. The van der Waals surface area contributed by atoms with E-state index in [0.717, 1.165) is 32.7 Å². The largest absolute Gasteiger partial charge is 0.379 e. The lowest BCUT2D eigenvalue weighted by Crippen LogP contribution is -2.43. The van der Waals surface area contributed by atoms with Gasteiger partial charge in [0.1, 0.15) is 0 Å². The van der Waals surface area contributed by atoms with Gasteiger partial charge in [-0.05, 0) is 18.9 Å². The van der Waals surface area contributed by atoms with Crippen LogP contribution in [0.1, 0.15) is 31.4 Å². The van der Waals surface area contributed by atoms with Gasteiger partial charge in [0, 0.05) is 32.1 Å². The number of benzene rings is 1. The first kappa shape index (κ1) is 23.1. The van der Waals surface area contributed by atoms with E-state index in [1.54, 1.807) is 0 Å². The van der Waals surface area contributed by atoms with E-state index in [4.69, 9.17) is 10.5 Å². The van der Waals surface area contributed by atoms with Crippen molar-refractivity contribution in [2.45, 2.75) is 31.8 Å². The van der Waals surface area contributed by atoms with Crippen molar-refractivity contribution in [1.82, 2.24) is 10.2 Å². The van der Waals surface area contributed by atoms with Crippen LogP contribution in [0.5, 0.6) is 0 Å². The molecule has 1 aromatic carbocycles. The minimum atomic E-state index is 0. The van der Waals surface area contributed by atoms with Crippen LogP contribution in [-0.4, -0.2) is 49.7 Å².